The molecule has 0 spiro atoms. The molecule has 0 amide bonds. The van der Waals surface area contributed by atoms with Gasteiger partial charge in [-0.15, -0.1) is 0 Å². The molecule has 19 heavy (non-hydrogen) atoms. The number of aromatic nitrogens is 2. The van der Waals surface area contributed by atoms with Gasteiger partial charge in [0.15, 0.2) is 11.6 Å². The summed E-state index contributed by atoms with van der Waals surface area (Å²) in [6, 6.07) is 3.47. The van der Waals surface area contributed by atoms with E-state index in [1.165, 1.54) is 10.7 Å². The van der Waals surface area contributed by atoms with Crippen molar-refractivity contribution in [2.24, 2.45) is 7.05 Å². The first-order chi connectivity index (χ1) is 8.90. The lowest BCUT2D eigenvalue weighted by molar-refractivity contribution is -0.136. The summed E-state index contributed by atoms with van der Waals surface area (Å²) in [5.41, 5.74) is 1.98. The molecule has 2 aromatic rings. The number of rotatable bonds is 3. The van der Waals surface area contributed by atoms with Crippen molar-refractivity contribution in [1.29, 1.82) is 0 Å². The van der Waals surface area contributed by atoms with Gasteiger partial charge in [0.2, 0.25) is 0 Å². The van der Waals surface area contributed by atoms with Crippen LogP contribution in [0.1, 0.15) is 11.4 Å². The van der Waals surface area contributed by atoms with Gasteiger partial charge in [-0.25, -0.2) is 8.78 Å². The van der Waals surface area contributed by atoms with E-state index in [1.54, 1.807) is 14.0 Å². The molecule has 0 bridgehead atoms. The van der Waals surface area contributed by atoms with Crippen LogP contribution in [0.4, 0.5) is 8.78 Å². The van der Waals surface area contributed by atoms with E-state index in [1.807, 2.05) is 0 Å². The van der Waals surface area contributed by atoms with Crippen LogP contribution in [0.5, 0.6) is 0 Å². The van der Waals surface area contributed by atoms with E-state index < -0.39 is 17.6 Å². The molecular weight excluding hydrogens is 254 g/mol. The Balaban J connectivity index is 2.60. The summed E-state index contributed by atoms with van der Waals surface area (Å²) in [5.74, 6) is -2.92. The minimum Gasteiger partial charge on any atom is -0.481 e. The Morgan fingerprint density at radius 2 is 2.05 bits per heavy atom. The standard InChI is InChI=1S/C13H12F2N2O2/c1-7-13(8-3-4-9(14)10(15)5-8)11(6-12(18)19)17(2)16-7/h3-5H,6H2,1-2H3,(H,18,19). The topological polar surface area (TPSA) is 55.1 Å². The molecule has 4 nitrogen and oxygen atoms in total. The summed E-state index contributed by atoms with van der Waals surface area (Å²) in [6.07, 6.45) is -0.230. The molecule has 2 rings (SSSR count). The highest BCUT2D eigenvalue weighted by atomic mass is 19.2. The van der Waals surface area contributed by atoms with Crippen molar-refractivity contribution in [3.8, 4) is 11.1 Å². The monoisotopic (exact) mass is 266 g/mol. The van der Waals surface area contributed by atoms with Gasteiger partial charge in [0.05, 0.1) is 17.8 Å². The number of carboxylic acids is 1. The molecule has 6 heteroatoms. The van der Waals surface area contributed by atoms with Gasteiger partial charge in [0, 0.05) is 12.6 Å². The molecule has 0 saturated heterocycles. The zero-order valence-electron chi connectivity index (χ0n) is 10.4. The Kier molecular flexibility index (Phi) is 3.33. The number of aryl methyl sites for hydroxylation is 2. The molecule has 1 aromatic carbocycles. The van der Waals surface area contributed by atoms with E-state index in [9.17, 15) is 13.6 Å². The van der Waals surface area contributed by atoms with Crippen LogP contribution in [0.3, 0.4) is 0 Å². The van der Waals surface area contributed by atoms with Gasteiger partial charge in [0.25, 0.3) is 0 Å². The first-order valence-electron chi connectivity index (χ1n) is 5.60. The summed E-state index contributed by atoms with van der Waals surface area (Å²) in [5, 5.41) is 13.0. The summed E-state index contributed by atoms with van der Waals surface area (Å²) >= 11 is 0. The van der Waals surface area contributed by atoms with Crippen molar-refractivity contribution >= 4 is 5.97 Å². The highest BCUT2D eigenvalue weighted by molar-refractivity contribution is 5.76. The van der Waals surface area contributed by atoms with E-state index in [0.29, 0.717) is 22.5 Å². The number of hydrogen-bond acceptors (Lipinski definition) is 2. The summed E-state index contributed by atoms with van der Waals surface area (Å²) in [4.78, 5) is 10.9. The van der Waals surface area contributed by atoms with E-state index in [-0.39, 0.29) is 6.42 Å². The lowest BCUT2D eigenvalue weighted by Crippen LogP contribution is -2.07. The number of benzene rings is 1. The van der Waals surface area contributed by atoms with Crippen molar-refractivity contribution in [3.05, 3.63) is 41.2 Å². The second-order valence-corrected chi connectivity index (χ2v) is 4.23. The molecule has 0 aliphatic carbocycles. The maximum atomic E-state index is 13.3. The van der Waals surface area contributed by atoms with E-state index in [4.69, 9.17) is 5.11 Å². The molecule has 1 heterocycles. The molecule has 0 unspecified atom stereocenters. The van der Waals surface area contributed by atoms with Crippen molar-refractivity contribution in [1.82, 2.24) is 9.78 Å². The Morgan fingerprint density at radius 1 is 1.37 bits per heavy atom. The lowest BCUT2D eigenvalue weighted by Gasteiger charge is -2.05. The molecule has 0 radical (unpaired) electrons. The van der Waals surface area contributed by atoms with Gasteiger partial charge in [-0.1, -0.05) is 6.07 Å². The van der Waals surface area contributed by atoms with Crippen LogP contribution in [0.25, 0.3) is 11.1 Å². The molecule has 0 atom stereocenters. The maximum absolute atomic E-state index is 13.3. The van der Waals surface area contributed by atoms with Crippen molar-refractivity contribution in [2.45, 2.75) is 13.3 Å². The third kappa shape index (κ3) is 2.47. The van der Waals surface area contributed by atoms with E-state index in [0.717, 1.165) is 12.1 Å². The fourth-order valence-electron chi connectivity index (χ4n) is 2.08. The molecule has 0 aliphatic rings. The summed E-state index contributed by atoms with van der Waals surface area (Å²) in [7, 11) is 1.62. The highest BCUT2D eigenvalue weighted by Crippen LogP contribution is 2.28. The zero-order chi connectivity index (χ0) is 14.2. The van der Waals surface area contributed by atoms with Gasteiger partial charge >= 0.3 is 5.97 Å². The molecule has 0 saturated carbocycles. The largest absolute Gasteiger partial charge is 0.481 e. The summed E-state index contributed by atoms with van der Waals surface area (Å²) < 4.78 is 27.7. The van der Waals surface area contributed by atoms with Crippen LogP contribution < -0.4 is 0 Å². The molecule has 0 fully saturated rings. The smallest absolute Gasteiger partial charge is 0.309 e. The van der Waals surface area contributed by atoms with Crippen molar-refractivity contribution in [2.75, 3.05) is 0 Å². The van der Waals surface area contributed by atoms with Gasteiger partial charge in [0.1, 0.15) is 0 Å². The van der Waals surface area contributed by atoms with Crippen LogP contribution in [0, 0.1) is 18.6 Å². The maximum Gasteiger partial charge on any atom is 0.309 e. The van der Waals surface area contributed by atoms with E-state index in [2.05, 4.69) is 5.10 Å². The predicted octanol–water partition coefficient (Wildman–Crippen LogP) is 2.30. The minimum atomic E-state index is -1.01. The third-order valence-corrected chi connectivity index (χ3v) is 2.87. The zero-order valence-corrected chi connectivity index (χ0v) is 10.4. The number of carbonyl (C=O) groups is 1. The number of halogens is 2. The Labute approximate surface area is 108 Å². The second kappa shape index (κ2) is 4.79. The first kappa shape index (κ1) is 13.2. The molecule has 0 aliphatic heterocycles. The van der Waals surface area contributed by atoms with Gasteiger partial charge in [-0.05, 0) is 24.6 Å². The van der Waals surface area contributed by atoms with Gasteiger partial charge in [-0.3, -0.25) is 9.48 Å². The van der Waals surface area contributed by atoms with Crippen LogP contribution in [0.2, 0.25) is 0 Å². The fourth-order valence-corrected chi connectivity index (χ4v) is 2.08. The SMILES string of the molecule is Cc1nn(C)c(CC(=O)O)c1-c1ccc(F)c(F)c1. The van der Waals surface area contributed by atoms with Gasteiger partial charge < -0.3 is 5.11 Å². The number of carboxylic acid groups (broad SMARTS) is 1. The Morgan fingerprint density at radius 3 is 2.63 bits per heavy atom. The predicted molar refractivity (Wildman–Crippen MR) is 64.6 cm³/mol. The second-order valence-electron chi connectivity index (χ2n) is 4.23. The van der Waals surface area contributed by atoms with Crippen LogP contribution in [0.15, 0.2) is 18.2 Å². The Hall–Kier alpha value is -2.24. The number of aliphatic carboxylic acids is 1. The lowest BCUT2D eigenvalue weighted by atomic mass is 10.0. The Bertz CT molecular complexity index is 650. The van der Waals surface area contributed by atoms with Gasteiger partial charge in [-0.2, -0.15) is 5.10 Å². The average Bonchev–Trinajstić information content (AvgIpc) is 2.57. The normalized spacial score (nSPS) is 10.7. The number of hydrogen-bond donors (Lipinski definition) is 1. The highest BCUT2D eigenvalue weighted by Gasteiger charge is 2.18. The summed E-state index contributed by atoms with van der Waals surface area (Å²) in [6.45, 7) is 1.70. The minimum absolute atomic E-state index is 0.230. The third-order valence-electron chi connectivity index (χ3n) is 2.87. The molecular formula is C13H12F2N2O2. The van der Waals surface area contributed by atoms with Crippen molar-refractivity contribution < 1.29 is 18.7 Å². The number of nitrogens with zero attached hydrogens (tertiary/aromatic N) is 2. The first-order valence-corrected chi connectivity index (χ1v) is 5.60. The van der Waals surface area contributed by atoms with Crippen LogP contribution in [-0.4, -0.2) is 20.9 Å². The van der Waals surface area contributed by atoms with E-state index >= 15 is 0 Å². The fraction of sp³-hybridized carbons (Fsp3) is 0.231. The van der Waals surface area contributed by atoms with Crippen LogP contribution in [-0.2, 0) is 18.3 Å². The molecule has 100 valence electrons. The van der Waals surface area contributed by atoms with Crippen LogP contribution >= 0.6 is 0 Å². The van der Waals surface area contributed by atoms with Crippen molar-refractivity contribution in [3.63, 3.8) is 0 Å². The molecule has 1 N–H and O–H groups in total. The molecule has 1 aromatic heterocycles. The average molecular weight is 266 g/mol. The quantitative estimate of drug-likeness (QED) is 0.927.